The Morgan fingerprint density at radius 3 is 2.52 bits per heavy atom. The molecule has 0 aromatic heterocycles. The smallest absolute Gasteiger partial charge is 0.170 e. The van der Waals surface area contributed by atoms with Gasteiger partial charge in [0.25, 0.3) is 0 Å². The molecule has 0 spiro atoms. The van der Waals surface area contributed by atoms with Crippen molar-refractivity contribution in [2.24, 2.45) is 0 Å². The SMILES string of the molecule is COc1cc(C)c(NC(=S)NCCN2CCOCC2)cc1OC. The summed E-state index contributed by atoms with van der Waals surface area (Å²) in [6.45, 7) is 7.35. The van der Waals surface area contributed by atoms with Crippen molar-refractivity contribution in [3.8, 4) is 11.5 Å². The minimum Gasteiger partial charge on any atom is -0.493 e. The van der Waals surface area contributed by atoms with Gasteiger partial charge in [0.15, 0.2) is 16.6 Å². The number of hydrogen-bond donors (Lipinski definition) is 2. The number of thiocarbonyl (C=S) groups is 1. The predicted molar refractivity (Wildman–Crippen MR) is 95.8 cm³/mol. The van der Waals surface area contributed by atoms with Crippen molar-refractivity contribution in [2.75, 3.05) is 58.9 Å². The first kappa shape index (κ1) is 17.8. The first-order chi connectivity index (χ1) is 11.1. The Labute approximate surface area is 143 Å². The van der Waals surface area contributed by atoms with E-state index in [1.54, 1.807) is 14.2 Å². The van der Waals surface area contributed by atoms with Gasteiger partial charge in [-0.15, -0.1) is 0 Å². The maximum absolute atomic E-state index is 5.37. The van der Waals surface area contributed by atoms with Gasteiger partial charge in [0.05, 0.1) is 27.4 Å². The van der Waals surface area contributed by atoms with E-state index in [2.05, 4.69) is 15.5 Å². The molecular weight excluding hydrogens is 314 g/mol. The number of aryl methyl sites for hydroxylation is 1. The van der Waals surface area contributed by atoms with Gasteiger partial charge >= 0.3 is 0 Å². The van der Waals surface area contributed by atoms with Gasteiger partial charge in [0.1, 0.15) is 0 Å². The number of nitrogens with one attached hydrogen (secondary N) is 2. The van der Waals surface area contributed by atoms with E-state index < -0.39 is 0 Å². The normalized spacial score (nSPS) is 15.1. The summed E-state index contributed by atoms with van der Waals surface area (Å²) in [5.41, 5.74) is 1.95. The van der Waals surface area contributed by atoms with Gasteiger partial charge in [-0.05, 0) is 30.8 Å². The van der Waals surface area contributed by atoms with Crippen LogP contribution in [0.15, 0.2) is 12.1 Å². The lowest BCUT2D eigenvalue weighted by molar-refractivity contribution is 0.0389. The second kappa shape index (κ2) is 8.90. The maximum Gasteiger partial charge on any atom is 0.170 e. The van der Waals surface area contributed by atoms with Gasteiger partial charge in [0, 0.05) is 37.9 Å². The van der Waals surface area contributed by atoms with Crippen LogP contribution in [0.1, 0.15) is 5.56 Å². The summed E-state index contributed by atoms with van der Waals surface area (Å²) in [5.74, 6) is 1.39. The van der Waals surface area contributed by atoms with Gasteiger partial charge in [-0.25, -0.2) is 0 Å². The number of ether oxygens (including phenoxy) is 3. The number of anilines is 1. The predicted octanol–water partition coefficient (Wildman–Crippen LogP) is 1.63. The summed E-state index contributed by atoms with van der Waals surface area (Å²) in [6, 6.07) is 3.82. The molecule has 1 aliphatic rings. The molecule has 6 nitrogen and oxygen atoms in total. The summed E-state index contributed by atoms with van der Waals surface area (Å²) in [7, 11) is 3.25. The summed E-state index contributed by atoms with van der Waals surface area (Å²) >= 11 is 5.37. The van der Waals surface area contributed by atoms with E-state index in [9.17, 15) is 0 Å². The number of nitrogens with zero attached hydrogens (tertiary/aromatic N) is 1. The van der Waals surface area contributed by atoms with E-state index in [1.807, 2.05) is 19.1 Å². The summed E-state index contributed by atoms with van der Waals surface area (Å²) in [5, 5.41) is 7.06. The summed E-state index contributed by atoms with van der Waals surface area (Å²) in [4.78, 5) is 2.36. The van der Waals surface area contributed by atoms with E-state index >= 15 is 0 Å². The van der Waals surface area contributed by atoms with Crippen LogP contribution in [0.4, 0.5) is 5.69 Å². The summed E-state index contributed by atoms with van der Waals surface area (Å²) < 4.78 is 16.0. The molecule has 2 rings (SSSR count). The van der Waals surface area contributed by atoms with E-state index in [0.717, 1.165) is 50.6 Å². The Morgan fingerprint density at radius 1 is 1.22 bits per heavy atom. The van der Waals surface area contributed by atoms with E-state index in [1.165, 1.54) is 0 Å². The van der Waals surface area contributed by atoms with Crippen molar-refractivity contribution in [3.63, 3.8) is 0 Å². The number of methoxy groups -OCH3 is 2. The maximum atomic E-state index is 5.37. The Hall–Kier alpha value is -1.57. The Kier molecular flexibility index (Phi) is 6.88. The average Bonchev–Trinajstić information content (AvgIpc) is 2.57. The highest BCUT2D eigenvalue weighted by molar-refractivity contribution is 7.80. The zero-order valence-corrected chi connectivity index (χ0v) is 14.8. The van der Waals surface area contributed by atoms with Gasteiger partial charge in [-0.3, -0.25) is 4.90 Å². The number of hydrogen-bond acceptors (Lipinski definition) is 5. The third-order valence-corrected chi connectivity index (χ3v) is 4.04. The molecule has 2 N–H and O–H groups in total. The van der Waals surface area contributed by atoms with Crippen molar-refractivity contribution in [3.05, 3.63) is 17.7 Å². The monoisotopic (exact) mass is 339 g/mol. The highest BCUT2D eigenvalue weighted by Crippen LogP contribution is 2.32. The van der Waals surface area contributed by atoms with Crippen LogP contribution in [0.25, 0.3) is 0 Å². The standard InChI is InChI=1S/C16H25N3O3S/c1-12-10-14(20-2)15(21-3)11-13(12)18-16(23)17-4-5-19-6-8-22-9-7-19/h10-11H,4-9H2,1-3H3,(H2,17,18,23). The summed E-state index contributed by atoms with van der Waals surface area (Å²) in [6.07, 6.45) is 0. The van der Waals surface area contributed by atoms with Crippen LogP contribution >= 0.6 is 12.2 Å². The number of benzene rings is 1. The minimum atomic E-state index is 0.605. The van der Waals surface area contributed by atoms with Crippen molar-refractivity contribution < 1.29 is 14.2 Å². The molecule has 0 saturated carbocycles. The van der Waals surface area contributed by atoms with Crippen LogP contribution in [-0.4, -0.2) is 63.6 Å². The van der Waals surface area contributed by atoms with Crippen LogP contribution in [0.5, 0.6) is 11.5 Å². The molecule has 0 unspecified atom stereocenters. The molecule has 0 bridgehead atoms. The van der Waals surface area contributed by atoms with Crippen molar-refractivity contribution in [1.82, 2.24) is 10.2 Å². The van der Waals surface area contributed by atoms with Crippen molar-refractivity contribution in [1.29, 1.82) is 0 Å². The Morgan fingerprint density at radius 2 is 1.87 bits per heavy atom. The molecule has 0 radical (unpaired) electrons. The van der Waals surface area contributed by atoms with Crippen LogP contribution in [0.2, 0.25) is 0 Å². The molecule has 7 heteroatoms. The molecular formula is C16H25N3O3S. The highest BCUT2D eigenvalue weighted by atomic mass is 32.1. The highest BCUT2D eigenvalue weighted by Gasteiger charge is 2.11. The lowest BCUT2D eigenvalue weighted by Crippen LogP contribution is -2.42. The van der Waals surface area contributed by atoms with Gasteiger partial charge in [0.2, 0.25) is 0 Å². The molecule has 23 heavy (non-hydrogen) atoms. The first-order valence-corrected chi connectivity index (χ1v) is 8.12. The topological polar surface area (TPSA) is 55.0 Å². The Balaban J connectivity index is 1.84. The van der Waals surface area contributed by atoms with Crippen molar-refractivity contribution in [2.45, 2.75) is 6.92 Å². The van der Waals surface area contributed by atoms with Crippen LogP contribution in [0, 0.1) is 6.92 Å². The van der Waals surface area contributed by atoms with Crippen LogP contribution in [-0.2, 0) is 4.74 Å². The number of morpholine rings is 1. The van der Waals surface area contributed by atoms with Crippen LogP contribution in [0.3, 0.4) is 0 Å². The van der Waals surface area contributed by atoms with E-state index in [-0.39, 0.29) is 0 Å². The zero-order valence-electron chi connectivity index (χ0n) is 14.0. The fourth-order valence-corrected chi connectivity index (χ4v) is 2.65. The first-order valence-electron chi connectivity index (χ1n) is 7.71. The largest absolute Gasteiger partial charge is 0.493 e. The quantitative estimate of drug-likeness (QED) is 0.764. The molecule has 1 heterocycles. The lowest BCUT2D eigenvalue weighted by atomic mass is 10.1. The van der Waals surface area contributed by atoms with Crippen molar-refractivity contribution >= 4 is 23.0 Å². The molecule has 1 aliphatic heterocycles. The van der Waals surface area contributed by atoms with E-state index in [4.69, 9.17) is 26.4 Å². The molecule has 0 amide bonds. The molecule has 128 valence electrons. The number of rotatable bonds is 6. The van der Waals surface area contributed by atoms with Gasteiger partial charge in [-0.2, -0.15) is 0 Å². The third kappa shape index (κ3) is 5.23. The molecule has 1 saturated heterocycles. The second-order valence-electron chi connectivity index (χ2n) is 5.36. The Bertz CT molecular complexity index is 534. The molecule has 1 fully saturated rings. The fraction of sp³-hybridized carbons (Fsp3) is 0.562. The average molecular weight is 339 g/mol. The molecule has 1 aromatic rings. The third-order valence-electron chi connectivity index (χ3n) is 3.80. The zero-order chi connectivity index (χ0) is 16.7. The lowest BCUT2D eigenvalue weighted by Gasteiger charge is -2.26. The fourth-order valence-electron chi connectivity index (χ4n) is 2.43. The van der Waals surface area contributed by atoms with Crippen LogP contribution < -0.4 is 20.1 Å². The van der Waals surface area contributed by atoms with Gasteiger partial charge in [-0.1, -0.05) is 0 Å². The second-order valence-corrected chi connectivity index (χ2v) is 5.77. The van der Waals surface area contributed by atoms with Gasteiger partial charge < -0.3 is 24.8 Å². The molecule has 0 aliphatic carbocycles. The molecule has 1 aromatic carbocycles. The van der Waals surface area contributed by atoms with E-state index in [0.29, 0.717) is 16.6 Å². The molecule has 0 atom stereocenters. The minimum absolute atomic E-state index is 0.605.